The summed E-state index contributed by atoms with van der Waals surface area (Å²) >= 11 is 0. The van der Waals surface area contributed by atoms with Crippen molar-refractivity contribution in [3.8, 4) is 0 Å². The molecule has 0 atom stereocenters. The molecule has 0 N–H and O–H groups in total. The average molecular weight is 475 g/mol. The molecule has 0 aliphatic heterocycles. The molecule has 1 aromatic rings. The number of unbranched alkanes of at least 4 members (excludes halogenated alkanes) is 13. The smallest absolute Gasteiger partial charge is 0.790 e. The Morgan fingerprint density at radius 3 is 1.41 bits per heavy atom. The van der Waals surface area contributed by atoms with Crippen LogP contribution in [-0.4, -0.2) is 6.61 Å². The molecule has 7 heteroatoms. The maximum Gasteiger partial charge on any atom is 1.00 e. The van der Waals surface area contributed by atoms with E-state index in [1.165, 1.54) is 82.6 Å². The quantitative estimate of drug-likeness (QED) is 0.164. The number of hydrogen-bond donors (Lipinski definition) is 0. The minimum Gasteiger partial charge on any atom is -0.790 e. The third kappa shape index (κ3) is 25.1. The van der Waals surface area contributed by atoms with Gasteiger partial charge in [-0.15, -0.1) is 0 Å². The molecule has 29 heavy (non-hydrogen) atoms. The first-order valence-electron chi connectivity index (χ1n) is 10.8. The summed E-state index contributed by atoms with van der Waals surface area (Å²) in [5, 5.41) is 0. The first kappa shape index (κ1) is 33.8. The largest absolute Gasteiger partial charge is 1.00 e. The number of benzene rings is 1. The van der Waals surface area contributed by atoms with Crippen LogP contribution in [0.5, 0.6) is 0 Å². The van der Waals surface area contributed by atoms with Gasteiger partial charge in [0, 0.05) is 0 Å². The molecule has 0 amide bonds. The molecule has 0 bridgehead atoms. The minimum absolute atomic E-state index is 0. The van der Waals surface area contributed by atoms with E-state index in [9.17, 15) is 14.4 Å². The molecule has 1 aromatic carbocycles. The monoisotopic (exact) mass is 474 g/mol. The van der Waals surface area contributed by atoms with Gasteiger partial charge in [0.25, 0.3) is 0 Å². The predicted molar refractivity (Wildman–Crippen MR) is 108 cm³/mol. The normalized spacial score (nSPS) is 11.0. The van der Waals surface area contributed by atoms with Gasteiger partial charge in [-0.3, -0.25) is 0 Å². The van der Waals surface area contributed by atoms with E-state index in [-0.39, 0.29) is 109 Å². The molecule has 4 nitrogen and oxygen atoms in total. The maximum absolute atomic E-state index is 10.3. The van der Waals surface area contributed by atoms with E-state index in [2.05, 4.69) is 34.9 Å². The van der Waals surface area contributed by atoms with E-state index in [1.807, 2.05) is 0 Å². The molecule has 0 saturated heterocycles. The first-order chi connectivity index (χ1) is 13.1. The van der Waals surface area contributed by atoms with Crippen LogP contribution in [0.25, 0.3) is 0 Å². The van der Waals surface area contributed by atoms with Crippen molar-refractivity contribution in [2.24, 2.45) is 0 Å². The maximum atomic E-state index is 10.3. The topological polar surface area (TPSA) is 72.4 Å². The molecule has 0 unspecified atom stereocenters. The molecule has 0 aliphatic carbocycles. The molecule has 0 fully saturated rings. The van der Waals surface area contributed by atoms with Crippen molar-refractivity contribution in [3.63, 3.8) is 0 Å². The number of hydrogen-bond acceptors (Lipinski definition) is 4. The second-order valence-corrected chi connectivity index (χ2v) is 8.62. The second kappa shape index (κ2) is 23.8. The van der Waals surface area contributed by atoms with Crippen molar-refractivity contribution in [1.82, 2.24) is 0 Å². The summed E-state index contributed by atoms with van der Waals surface area (Å²) in [6, 6.07) is 10.8. The van der Waals surface area contributed by atoms with Crippen LogP contribution in [-0.2, 0) is 15.5 Å². The Morgan fingerprint density at radius 2 is 1.00 bits per heavy atom. The summed E-state index contributed by atoms with van der Waals surface area (Å²) in [5.41, 5.74) is 1.46. The number of rotatable bonds is 18. The Bertz CT molecular complexity index is 497. The van der Waals surface area contributed by atoms with E-state index in [1.54, 1.807) is 0 Å². The van der Waals surface area contributed by atoms with Crippen molar-refractivity contribution in [2.75, 3.05) is 6.61 Å². The van der Waals surface area contributed by atoms with Gasteiger partial charge in [-0.05, 0) is 24.8 Å². The SMILES string of the molecule is O=P([O-])([O-])OCCCCCCCCCCCCCCCCc1ccccc1.[K+].[K+]. The summed E-state index contributed by atoms with van der Waals surface area (Å²) < 4.78 is 14.5. The molecule has 0 spiro atoms. The standard InChI is InChI=1S/C22H39O4P.2K/c23-27(24,25)26-21-17-12-10-8-6-4-2-1-3-5-7-9-11-14-18-22-19-15-13-16-20-22;;/h13,15-16,19-20H,1-12,14,17-18,21H2,(H2,23,24,25);;/q;2*+1/p-2. The van der Waals surface area contributed by atoms with Gasteiger partial charge in [-0.1, -0.05) is 107 Å². The molecule has 156 valence electrons. The Labute approximate surface area is 263 Å². The summed E-state index contributed by atoms with van der Waals surface area (Å²) in [6.45, 7) is 0.0382. The zero-order valence-electron chi connectivity index (χ0n) is 18.8. The van der Waals surface area contributed by atoms with E-state index >= 15 is 0 Å². The number of phosphoric acid groups is 1. The Hall–Kier alpha value is 2.60. The van der Waals surface area contributed by atoms with E-state index in [0.717, 1.165) is 12.8 Å². The third-order valence-corrected chi connectivity index (χ3v) is 5.45. The average Bonchev–Trinajstić information content (AvgIpc) is 2.64. The Kier molecular flexibility index (Phi) is 27.7. The molecule has 0 aliphatic rings. The van der Waals surface area contributed by atoms with Crippen LogP contribution in [0, 0.1) is 0 Å². The van der Waals surface area contributed by atoms with E-state index in [4.69, 9.17) is 0 Å². The molecule has 0 aromatic heterocycles. The Balaban J connectivity index is 0. The molecule has 1 rings (SSSR count). The van der Waals surface area contributed by atoms with Crippen LogP contribution in [0.1, 0.15) is 95.5 Å². The van der Waals surface area contributed by atoms with Gasteiger partial charge in [0.2, 0.25) is 0 Å². The van der Waals surface area contributed by atoms with Crippen LogP contribution in [0.4, 0.5) is 0 Å². The number of aryl methyl sites for hydroxylation is 1. The fourth-order valence-corrected chi connectivity index (χ4v) is 3.73. The van der Waals surface area contributed by atoms with Crippen molar-refractivity contribution in [2.45, 2.75) is 96.3 Å². The van der Waals surface area contributed by atoms with Gasteiger partial charge in [-0.2, -0.15) is 0 Å². The van der Waals surface area contributed by atoms with Gasteiger partial charge in [-0.25, -0.2) is 0 Å². The van der Waals surface area contributed by atoms with Gasteiger partial charge >= 0.3 is 103 Å². The zero-order chi connectivity index (χ0) is 19.6. The van der Waals surface area contributed by atoms with Crippen molar-refractivity contribution in [1.29, 1.82) is 0 Å². The van der Waals surface area contributed by atoms with E-state index in [0.29, 0.717) is 6.42 Å². The minimum atomic E-state index is -4.77. The summed E-state index contributed by atoms with van der Waals surface area (Å²) in [4.78, 5) is 20.6. The van der Waals surface area contributed by atoms with Crippen molar-refractivity contribution in [3.05, 3.63) is 35.9 Å². The second-order valence-electron chi connectivity index (χ2n) is 7.47. The molecular weight excluding hydrogens is 437 g/mol. The van der Waals surface area contributed by atoms with E-state index < -0.39 is 7.82 Å². The summed E-state index contributed by atoms with van der Waals surface area (Å²) in [7, 11) is -4.77. The Morgan fingerprint density at radius 1 is 0.621 bits per heavy atom. The molecule has 0 heterocycles. The molecule has 0 radical (unpaired) electrons. The fourth-order valence-electron chi connectivity index (χ4n) is 3.37. The molecular formula is C22H37K2O4P. The van der Waals surface area contributed by atoms with Crippen molar-refractivity contribution < 1.29 is 122 Å². The van der Waals surface area contributed by atoms with Gasteiger partial charge in [0.15, 0.2) is 0 Å². The predicted octanol–water partition coefficient (Wildman–Crippen LogP) is -0.456. The zero-order valence-corrected chi connectivity index (χ0v) is 25.9. The third-order valence-electron chi connectivity index (χ3n) is 4.95. The van der Waals surface area contributed by atoms with Crippen molar-refractivity contribution >= 4 is 7.82 Å². The van der Waals surface area contributed by atoms with Gasteiger partial charge in [0.05, 0.1) is 14.4 Å². The number of phosphoric ester groups is 1. The summed E-state index contributed by atoms with van der Waals surface area (Å²) in [6.07, 6.45) is 18.4. The fraction of sp³-hybridized carbons (Fsp3) is 0.727. The van der Waals surface area contributed by atoms with Crippen LogP contribution < -0.4 is 113 Å². The molecule has 0 saturated carbocycles. The van der Waals surface area contributed by atoms with Crippen LogP contribution >= 0.6 is 7.82 Å². The van der Waals surface area contributed by atoms with Crippen LogP contribution in [0.3, 0.4) is 0 Å². The van der Waals surface area contributed by atoms with Gasteiger partial charge in [0.1, 0.15) is 0 Å². The van der Waals surface area contributed by atoms with Gasteiger partial charge < -0.3 is 18.9 Å². The van der Waals surface area contributed by atoms with Crippen LogP contribution in [0.15, 0.2) is 30.3 Å². The first-order valence-corrected chi connectivity index (χ1v) is 12.2. The van der Waals surface area contributed by atoms with Crippen LogP contribution in [0.2, 0.25) is 0 Å². The summed E-state index contributed by atoms with van der Waals surface area (Å²) in [5.74, 6) is 0.